The molecule has 0 saturated heterocycles. The summed E-state index contributed by atoms with van der Waals surface area (Å²) in [7, 11) is 0. The quantitative estimate of drug-likeness (QED) is 0.499. The minimum atomic E-state index is 0. The van der Waals surface area contributed by atoms with Gasteiger partial charge in [0, 0.05) is 0 Å². The fourth-order valence-corrected chi connectivity index (χ4v) is 0.370. The van der Waals surface area contributed by atoms with Crippen LogP contribution in [0.5, 0.6) is 0 Å². The predicted octanol–water partition coefficient (Wildman–Crippen LogP) is 0.589. The van der Waals surface area contributed by atoms with E-state index in [1.54, 1.807) is 0 Å². The molecule has 0 aromatic carbocycles. The SMILES string of the molecule is CCOC(=S)S.[RbH]. The van der Waals surface area contributed by atoms with E-state index in [4.69, 9.17) is 0 Å². The fraction of sp³-hybridized carbons (Fsp3) is 0.667. The molecule has 0 aliphatic rings. The first-order chi connectivity index (χ1) is 2.77. The van der Waals surface area contributed by atoms with Gasteiger partial charge in [-0.3, -0.25) is 0 Å². The Morgan fingerprint density at radius 1 is 1.86 bits per heavy atom. The normalized spacial score (nSPS) is 6.57. The first kappa shape index (κ1) is 11.8. The molecule has 0 rings (SSSR count). The van der Waals surface area contributed by atoms with Gasteiger partial charge in [0.25, 0.3) is 0 Å². The average molecular weight is 209 g/mol. The summed E-state index contributed by atoms with van der Waals surface area (Å²) in [6.07, 6.45) is 0. The minimum absolute atomic E-state index is 0. The summed E-state index contributed by atoms with van der Waals surface area (Å²) >= 11 is 8.12. The molecule has 0 unspecified atom stereocenters. The van der Waals surface area contributed by atoms with Crippen LogP contribution in [0.1, 0.15) is 6.92 Å². The molecule has 38 valence electrons. The predicted molar refractivity (Wildman–Crippen MR) is 40.4 cm³/mol. The molecule has 7 heavy (non-hydrogen) atoms. The Balaban J connectivity index is 0. The van der Waals surface area contributed by atoms with Gasteiger partial charge in [0.2, 0.25) is 4.38 Å². The topological polar surface area (TPSA) is 9.23 Å². The van der Waals surface area contributed by atoms with Gasteiger partial charge in [-0.2, -0.15) is 0 Å². The van der Waals surface area contributed by atoms with Crippen LogP contribution in [0.15, 0.2) is 0 Å². The Morgan fingerprint density at radius 2 is 2.29 bits per heavy atom. The van der Waals surface area contributed by atoms with Gasteiger partial charge in [-0.05, 0) is 19.1 Å². The monoisotopic (exact) mass is 208 g/mol. The van der Waals surface area contributed by atoms with E-state index in [0.717, 1.165) is 0 Å². The van der Waals surface area contributed by atoms with Crippen LogP contribution in [-0.2, 0) is 4.74 Å². The second-order valence-electron chi connectivity index (χ2n) is 0.699. The van der Waals surface area contributed by atoms with E-state index in [1.165, 1.54) is 0 Å². The van der Waals surface area contributed by atoms with E-state index in [9.17, 15) is 0 Å². The van der Waals surface area contributed by atoms with Crippen LogP contribution < -0.4 is 0 Å². The molecule has 0 aromatic heterocycles. The second kappa shape index (κ2) is 8.05. The van der Waals surface area contributed by atoms with Crippen LogP contribution in [0, 0.1) is 0 Å². The van der Waals surface area contributed by atoms with Gasteiger partial charge in [-0.15, -0.1) is 0 Å². The summed E-state index contributed by atoms with van der Waals surface area (Å²) in [6, 6.07) is 0. The Hall–Kier alpha value is 2.05. The number of thiocarbonyl (C=S) groups is 1. The van der Waals surface area contributed by atoms with Crippen LogP contribution in [0.25, 0.3) is 0 Å². The fourth-order valence-electron chi connectivity index (χ4n) is 0.123. The van der Waals surface area contributed by atoms with Crippen molar-refractivity contribution in [1.82, 2.24) is 0 Å². The molecule has 0 aliphatic carbocycles. The molecule has 0 heterocycles. The molecular formula is C3H7ORbS2. The van der Waals surface area contributed by atoms with Crippen LogP contribution in [-0.4, -0.2) is 69.2 Å². The van der Waals surface area contributed by atoms with Crippen molar-refractivity contribution >= 4 is 87.4 Å². The number of hydrogen-bond acceptors (Lipinski definition) is 2. The summed E-state index contributed by atoms with van der Waals surface area (Å²) in [6.45, 7) is 2.48. The summed E-state index contributed by atoms with van der Waals surface area (Å²) in [4.78, 5) is 0. The van der Waals surface area contributed by atoms with Crippen molar-refractivity contribution in [3.63, 3.8) is 0 Å². The molecule has 0 amide bonds. The Labute approximate surface area is 103 Å². The Kier molecular flexibility index (Phi) is 13.6. The third-order valence-corrected chi connectivity index (χ3v) is 0.515. The zero-order valence-electron chi connectivity index (χ0n) is 3.47. The van der Waals surface area contributed by atoms with Gasteiger partial charge < -0.3 is 4.74 Å². The number of ether oxygens (including phenoxy) is 1. The van der Waals surface area contributed by atoms with Crippen molar-refractivity contribution in [2.75, 3.05) is 6.61 Å². The average Bonchev–Trinajstić information content (AvgIpc) is 1.35. The molecule has 0 saturated carbocycles. The van der Waals surface area contributed by atoms with Crippen LogP contribution in [0.3, 0.4) is 0 Å². The van der Waals surface area contributed by atoms with Gasteiger partial charge in [-0.25, -0.2) is 0 Å². The van der Waals surface area contributed by atoms with Crippen molar-refractivity contribution < 1.29 is 4.74 Å². The van der Waals surface area contributed by atoms with E-state index in [-0.39, 0.29) is 58.2 Å². The van der Waals surface area contributed by atoms with E-state index >= 15 is 0 Å². The van der Waals surface area contributed by atoms with E-state index in [1.807, 2.05) is 6.92 Å². The first-order valence-electron chi connectivity index (χ1n) is 1.63. The maximum absolute atomic E-state index is 4.64. The molecule has 0 aliphatic heterocycles. The third-order valence-electron chi connectivity index (χ3n) is 0.268. The van der Waals surface area contributed by atoms with Gasteiger partial charge in [-0.1, -0.05) is 12.6 Å². The van der Waals surface area contributed by atoms with Crippen molar-refractivity contribution in [3.05, 3.63) is 0 Å². The zero-order chi connectivity index (χ0) is 4.99. The molecule has 0 spiro atoms. The molecule has 0 atom stereocenters. The first-order valence-corrected chi connectivity index (χ1v) is 2.48. The van der Waals surface area contributed by atoms with Crippen LogP contribution >= 0.6 is 24.8 Å². The van der Waals surface area contributed by atoms with E-state index < -0.39 is 0 Å². The van der Waals surface area contributed by atoms with E-state index in [0.29, 0.717) is 11.0 Å². The molecule has 0 bridgehead atoms. The second-order valence-corrected chi connectivity index (χ2v) is 1.78. The number of hydrogen-bond donors (Lipinski definition) is 1. The standard InChI is InChI=1S/C3H6OS2.Rb.H/c1-2-4-3(5)6;;/h2H2,1H3,(H,5,6);;. The van der Waals surface area contributed by atoms with Crippen LogP contribution in [0.4, 0.5) is 0 Å². The molecule has 1 nitrogen and oxygen atoms in total. The van der Waals surface area contributed by atoms with Crippen molar-refractivity contribution in [1.29, 1.82) is 0 Å². The summed E-state index contributed by atoms with van der Waals surface area (Å²) in [5.74, 6) is 0. The van der Waals surface area contributed by atoms with E-state index in [2.05, 4.69) is 29.6 Å². The van der Waals surface area contributed by atoms with Crippen LogP contribution in [0.2, 0.25) is 0 Å². The third kappa shape index (κ3) is 11.6. The maximum atomic E-state index is 4.64. The molecule has 0 N–H and O–H groups in total. The summed E-state index contributed by atoms with van der Waals surface area (Å²) in [5.41, 5.74) is 0. The van der Waals surface area contributed by atoms with Gasteiger partial charge in [0.15, 0.2) is 0 Å². The van der Waals surface area contributed by atoms with Crippen molar-refractivity contribution in [2.24, 2.45) is 0 Å². The molecule has 4 heteroatoms. The number of thiol groups is 1. The van der Waals surface area contributed by atoms with Gasteiger partial charge in [0.1, 0.15) is 0 Å². The van der Waals surface area contributed by atoms with Gasteiger partial charge >= 0.3 is 58.2 Å². The molecule has 0 radical (unpaired) electrons. The van der Waals surface area contributed by atoms with Crippen molar-refractivity contribution in [2.45, 2.75) is 6.92 Å². The molecule has 0 fully saturated rings. The zero-order valence-corrected chi connectivity index (χ0v) is 5.18. The Morgan fingerprint density at radius 3 is 2.29 bits per heavy atom. The molecule has 0 aromatic rings. The van der Waals surface area contributed by atoms with Gasteiger partial charge in [0.05, 0.1) is 6.61 Å². The van der Waals surface area contributed by atoms with Crippen molar-refractivity contribution in [3.8, 4) is 0 Å². The summed E-state index contributed by atoms with van der Waals surface area (Å²) in [5, 5.41) is 0. The number of rotatable bonds is 1. The Bertz CT molecular complexity index is 56.9. The molecular weight excluding hydrogens is 202 g/mol. The summed E-state index contributed by atoms with van der Waals surface area (Å²) < 4.78 is 4.95.